The molecule has 0 atom stereocenters. The van der Waals surface area contributed by atoms with Gasteiger partial charge in [-0.3, -0.25) is 0 Å². The third kappa shape index (κ3) is 5.57. The molecule has 0 aromatic heterocycles. The first-order chi connectivity index (χ1) is 8.07. The van der Waals surface area contributed by atoms with Crippen molar-refractivity contribution in [1.82, 2.24) is 5.32 Å². The van der Waals surface area contributed by atoms with E-state index >= 15 is 0 Å². The lowest BCUT2D eigenvalue weighted by molar-refractivity contribution is 0.370. The van der Waals surface area contributed by atoms with Crippen LogP contribution in [0.25, 0.3) is 0 Å². The summed E-state index contributed by atoms with van der Waals surface area (Å²) in [5.41, 5.74) is 7.12. The molecule has 0 spiro atoms. The number of benzene rings is 1. The highest BCUT2D eigenvalue weighted by molar-refractivity contribution is 7.98. The molecule has 96 valence electrons. The van der Waals surface area contributed by atoms with Gasteiger partial charge in [-0.2, -0.15) is 0 Å². The van der Waals surface area contributed by atoms with E-state index in [9.17, 15) is 0 Å². The van der Waals surface area contributed by atoms with Gasteiger partial charge in [-0.05, 0) is 63.7 Å². The molecular formula is C14H24N2S. The van der Waals surface area contributed by atoms with Crippen molar-refractivity contribution in [3.63, 3.8) is 0 Å². The number of hydrogen-bond acceptors (Lipinski definition) is 3. The Kier molecular flexibility index (Phi) is 6.03. The maximum atomic E-state index is 5.59. The fourth-order valence-electron chi connectivity index (χ4n) is 1.79. The smallest absolute Gasteiger partial charge is 0.0137 e. The Balaban J connectivity index is 2.35. The van der Waals surface area contributed by atoms with Gasteiger partial charge >= 0.3 is 0 Å². The van der Waals surface area contributed by atoms with E-state index in [1.54, 1.807) is 11.8 Å². The van der Waals surface area contributed by atoms with Crippen LogP contribution in [-0.4, -0.2) is 24.9 Å². The molecule has 1 aromatic rings. The third-order valence-electron chi connectivity index (χ3n) is 2.95. The molecule has 0 fully saturated rings. The number of rotatable bonds is 7. The van der Waals surface area contributed by atoms with E-state index in [1.807, 2.05) is 0 Å². The highest BCUT2D eigenvalue weighted by Crippen LogP contribution is 2.15. The van der Waals surface area contributed by atoms with E-state index in [1.165, 1.54) is 10.5 Å². The van der Waals surface area contributed by atoms with Crippen molar-refractivity contribution in [2.45, 2.75) is 37.1 Å². The maximum Gasteiger partial charge on any atom is 0.0137 e. The van der Waals surface area contributed by atoms with Gasteiger partial charge in [-0.1, -0.05) is 12.1 Å². The largest absolute Gasteiger partial charge is 0.330 e. The van der Waals surface area contributed by atoms with Crippen LogP contribution in [0.5, 0.6) is 0 Å². The Hall–Kier alpha value is -0.510. The van der Waals surface area contributed by atoms with E-state index in [0.717, 1.165) is 25.9 Å². The molecule has 0 amide bonds. The zero-order valence-corrected chi connectivity index (χ0v) is 11.9. The molecule has 0 unspecified atom stereocenters. The second-order valence-corrected chi connectivity index (χ2v) is 5.83. The van der Waals surface area contributed by atoms with Crippen LogP contribution in [0.15, 0.2) is 29.2 Å². The summed E-state index contributed by atoms with van der Waals surface area (Å²) in [7, 11) is 0. The summed E-state index contributed by atoms with van der Waals surface area (Å²) < 4.78 is 0. The predicted octanol–water partition coefficient (Wildman–Crippen LogP) is 2.67. The van der Waals surface area contributed by atoms with E-state index in [2.05, 4.69) is 49.7 Å². The summed E-state index contributed by atoms with van der Waals surface area (Å²) in [4.78, 5) is 1.32. The third-order valence-corrected chi connectivity index (χ3v) is 3.69. The van der Waals surface area contributed by atoms with E-state index in [-0.39, 0.29) is 5.54 Å². The summed E-state index contributed by atoms with van der Waals surface area (Å²) in [5, 5.41) is 3.55. The normalized spacial score (nSPS) is 11.8. The van der Waals surface area contributed by atoms with Crippen LogP contribution in [0.1, 0.15) is 25.8 Å². The Labute approximate surface area is 109 Å². The standard InChI is InChI=1S/C14H24N2S/c1-14(2,9-10-15)16-11-8-12-4-6-13(17-3)7-5-12/h4-7,16H,8-11,15H2,1-3H3. The molecule has 2 nitrogen and oxygen atoms in total. The Morgan fingerprint density at radius 3 is 2.41 bits per heavy atom. The van der Waals surface area contributed by atoms with Gasteiger partial charge in [0.05, 0.1) is 0 Å². The Bertz CT molecular complexity index is 319. The first kappa shape index (κ1) is 14.6. The van der Waals surface area contributed by atoms with Crippen LogP contribution < -0.4 is 11.1 Å². The lowest BCUT2D eigenvalue weighted by atomic mass is 10.0. The summed E-state index contributed by atoms with van der Waals surface area (Å²) in [6, 6.07) is 8.79. The molecule has 3 N–H and O–H groups in total. The topological polar surface area (TPSA) is 38.0 Å². The van der Waals surface area contributed by atoms with Gasteiger partial charge in [0.1, 0.15) is 0 Å². The van der Waals surface area contributed by atoms with Crippen molar-refractivity contribution in [3.05, 3.63) is 29.8 Å². The van der Waals surface area contributed by atoms with Crippen molar-refractivity contribution >= 4 is 11.8 Å². The van der Waals surface area contributed by atoms with Crippen molar-refractivity contribution < 1.29 is 0 Å². The quantitative estimate of drug-likeness (QED) is 0.733. The molecule has 0 bridgehead atoms. The van der Waals surface area contributed by atoms with Gasteiger partial charge in [0.25, 0.3) is 0 Å². The van der Waals surface area contributed by atoms with Gasteiger partial charge in [0.15, 0.2) is 0 Å². The molecule has 3 heteroatoms. The zero-order valence-electron chi connectivity index (χ0n) is 11.1. The first-order valence-electron chi connectivity index (χ1n) is 6.15. The lowest BCUT2D eigenvalue weighted by Crippen LogP contribution is -2.41. The van der Waals surface area contributed by atoms with Gasteiger partial charge < -0.3 is 11.1 Å². The van der Waals surface area contributed by atoms with E-state index in [0.29, 0.717) is 0 Å². The maximum absolute atomic E-state index is 5.59. The van der Waals surface area contributed by atoms with Crippen molar-refractivity contribution in [1.29, 1.82) is 0 Å². The molecule has 0 saturated carbocycles. The zero-order chi connectivity index (χ0) is 12.7. The average molecular weight is 252 g/mol. The average Bonchev–Trinajstić information content (AvgIpc) is 2.29. The minimum absolute atomic E-state index is 0.147. The summed E-state index contributed by atoms with van der Waals surface area (Å²) in [6.07, 6.45) is 4.19. The Morgan fingerprint density at radius 2 is 1.88 bits per heavy atom. The minimum atomic E-state index is 0.147. The molecule has 1 rings (SSSR count). The van der Waals surface area contributed by atoms with Crippen LogP contribution >= 0.6 is 11.8 Å². The second-order valence-electron chi connectivity index (χ2n) is 4.95. The molecule has 0 aliphatic heterocycles. The van der Waals surface area contributed by atoms with Crippen LogP contribution in [0.4, 0.5) is 0 Å². The molecule has 0 aliphatic rings. The molecule has 17 heavy (non-hydrogen) atoms. The molecular weight excluding hydrogens is 228 g/mol. The van der Waals surface area contributed by atoms with Gasteiger partial charge in [0.2, 0.25) is 0 Å². The highest BCUT2D eigenvalue weighted by Gasteiger charge is 2.14. The van der Waals surface area contributed by atoms with Crippen LogP contribution in [-0.2, 0) is 6.42 Å². The molecule has 0 aliphatic carbocycles. The van der Waals surface area contributed by atoms with Crippen LogP contribution in [0.2, 0.25) is 0 Å². The monoisotopic (exact) mass is 252 g/mol. The predicted molar refractivity (Wildman–Crippen MR) is 77.7 cm³/mol. The molecule has 0 radical (unpaired) electrons. The fraction of sp³-hybridized carbons (Fsp3) is 0.571. The number of nitrogens with two attached hydrogens (primary N) is 1. The summed E-state index contributed by atoms with van der Waals surface area (Å²) >= 11 is 1.78. The van der Waals surface area contributed by atoms with Gasteiger partial charge in [-0.15, -0.1) is 11.8 Å². The minimum Gasteiger partial charge on any atom is -0.330 e. The molecule has 1 aromatic carbocycles. The summed E-state index contributed by atoms with van der Waals surface area (Å²) in [5.74, 6) is 0. The molecule has 0 saturated heterocycles. The van der Waals surface area contributed by atoms with Crippen LogP contribution in [0.3, 0.4) is 0 Å². The fourth-order valence-corrected chi connectivity index (χ4v) is 2.19. The van der Waals surface area contributed by atoms with Crippen molar-refractivity contribution in [3.8, 4) is 0 Å². The SMILES string of the molecule is CSc1ccc(CCNC(C)(C)CCN)cc1. The number of hydrogen-bond donors (Lipinski definition) is 2. The van der Waals surface area contributed by atoms with E-state index in [4.69, 9.17) is 5.73 Å². The first-order valence-corrected chi connectivity index (χ1v) is 7.38. The van der Waals surface area contributed by atoms with Crippen molar-refractivity contribution in [2.75, 3.05) is 19.3 Å². The van der Waals surface area contributed by atoms with Gasteiger partial charge in [-0.25, -0.2) is 0 Å². The van der Waals surface area contributed by atoms with Gasteiger partial charge in [0, 0.05) is 10.4 Å². The van der Waals surface area contributed by atoms with Crippen LogP contribution in [0, 0.1) is 0 Å². The Morgan fingerprint density at radius 1 is 1.24 bits per heavy atom. The summed E-state index contributed by atoms with van der Waals surface area (Å²) in [6.45, 7) is 6.15. The number of thioether (sulfide) groups is 1. The lowest BCUT2D eigenvalue weighted by Gasteiger charge is -2.25. The highest BCUT2D eigenvalue weighted by atomic mass is 32.2. The van der Waals surface area contributed by atoms with E-state index < -0.39 is 0 Å². The second kappa shape index (κ2) is 7.04. The number of nitrogens with one attached hydrogen (secondary N) is 1. The molecule has 0 heterocycles. The van der Waals surface area contributed by atoms with Crippen molar-refractivity contribution in [2.24, 2.45) is 5.73 Å².